The summed E-state index contributed by atoms with van der Waals surface area (Å²) < 4.78 is 5.57. The van der Waals surface area contributed by atoms with Crippen molar-refractivity contribution in [1.29, 1.82) is 0 Å². The molecule has 1 atom stereocenters. The van der Waals surface area contributed by atoms with Crippen LogP contribution in [0.2, 0.25) is 0 Å². The van der Waals surface area contributed by atoms with Gasteiger partial charge in [-0.05, 0) is 38.6 Å². The van der Waals surface area contributed by atoms with Crippen LogP contribution in [-0.4, -0.2) is 42.1 Å². The number of likely N-dealkylation sites (tertiary alicyclic amines) is 1. The first-order chi connectivity index (χ1) is 9.22. The molecule has 19 heavy (non-hydrogen) atoms. The van der Waals surface area contributed by atoms with Crippen molar-refractivity contribution in [2.45, 2.75) is 18.9 Å². The van der Waals surface area contributed by atoms with Gasteiger partial charge in [0.1, 0.15) is 11.8 Å². The van der Waals surface area contributed by atoms with E-state index >= 15 is 0 Å². The van der Waals surface area contributed by atoms with Gasteiger partial charge >= 0.3 is 5.97 Å². The number of hydrogen-bond acceptors (Lipinski definition) is 3. The largest absolute Gasteiger partial charge is 0.456 e. The summed E-state index contributed by atoms with van der Waals surface area (Å²) in [4.78, 5) is 17.4. The molecule has 0 amide bonds. The highest BCUT2D eigenvalue weighted by molar-refractivity contribution is 5.94. The SMILES string of the molecule is CN1CCCC(OC(=O)c2cc3ccccc3[nH]2)C1. The van der Waals surface area contributed by atoms with Gasteiger partial charge in [0.2, 0.25) is 0 Å². The van der Waals surface area contributed by atoms with Crippen LogP contribution < -0.4 is 0 Å². The Balaban J connectivity index is 1.72. The summed E-state index contributed by atoms with van der Waals surface area (Å²) in [6, 6.07) is 9.70. The Labute approximate surface area is 112 Å². The Morgan fingerprint density at radius 2 is 2.26 bits per heavy atom. The van der Waals surface area contributed by atoms with Gasteiger partial charge in [-0.2, -0.15) is 0 Å². The number of hydrogen-bond donors (Lipinski definition) is 1. The van der Waals surface area contributed by atoms with Crippen molar-refractivity contribution in [2.75, 3.05) is 20.1 Å². The van der Waals surface area contributed by atoms with Gasteiger partial charge in [-0.25, -0.2) is 4.79 Å². The first kappa shape index (κ1) is 12.2. The minimum atomic E-state index is -0.253. The van der Waals surface area contributed by atoms with Crippen molar-refractivity contribution in [3.63, 3.8) is 0 Å². The highest BCUT2D eigenvalue weighted by Gasteiger charge is 2.22. The summed E-state index contributed by atoms with van der Waals surface area (Å²) in [5.74, 6) is -0.253. The number of carbonyl (C=O) groups excluding carboxylic acids is 1. The smallest absolute Gasteiger partial charge is 0.355 e. The van der Waals surface area contributed by atoms with Crippen LogP contribution in [0.3, 0.4) is 0 Å². The van der Waals surface area contributed by atoms with E-state index in [1.807, 2.05) is 30.3 Å². The number of nitrogens with zero attached hydrogens (tertiary/aromatic N) is 1. The molecule has 4 heteroatoms. The van der Waals surface area contributed by atoms with E-state index in [1.54, 1.807) is 0 Å². The number of ether oxygens (including phenoxy) is 1. The van der Waals surface area contributed by atoms with Gasteiger partial charge in [0.25, 0.3) is 0 Å². The summed E-state index contributed by atoms with van der Waals surface area (Å²) in [7, 11) is 2.06. The molecule has 1 aromatic heterocycles. The van der Waals surface area contributed by atoms with Gasteiger partial charge in [0, 0.05) is 17.4 Å². The average Bonchev–Trinajstić information content (AvgIpc) is 2.82. The predicted molar refractivity (Wildman–Crippen MR) is 74.2 cm³/mol. The Hall–Kier alpha value is -1.81. The lowest BCUT2D eigenvalue weighted by Crippen LogP contribution is -2.38. The first-order valence-electron chi connectivity index (χ1n) is 6.69. The molecule has 1 aromatic carbocycles. The molecule has 100 valence electrons. The molecule has 0 radical (unpaired) electrons. The molecule has 1 N–H and O–H groups in total. The minimum Gasteiger partial charge on any atom is -0.456 e. The van der Waals surface area contributed by atoms with Crippen molar-refractivity contribution in [3.05, 3.63) is 36.0 Å². The number of fused-ring (bicyclic) bond motifs is 1. The summed E-state index contributed by atoms with van der Waals surface area (Å²) in [6.45, 7) is 1.91. The van der Waals surface area contributed by atoms with Gasteiger partial charge < -0.3 is 14.6 Å². The van der Waals surface area contributed by atoms with Gasteiger partial charge in [0.05, 0.1) is 0 Å². The van der Waals surface area contributed by atoms with Gasteiger partial charge in [-0.3, -0.25) is 0 Å². The van der Waals surface area contributed by atoms with Crippen molar-refractivity contribution < 1.29 is 9.53 Å². The number of H-pyrrole nitrogens is 1. The quantitative estimate of drug-likeness (QED) is 0.841. The van der Waals surface area contributed by atoms with Crippen LogP contribution in [0.4, 0.5) is 0 Å². The normalized spacial score (nSPS) is 20.6. The molecule has 1 saturated heterocycles. The van der Waals surface area contributed by atoms with E-state index in [4.69, 9.17) is 4.74 Å². The standard InChI is InChI=1S/C15H18N2O2/c1-17-8-4-6-12(10-17)19-15(18)14-9-11-5-2-3-7-13(11)16-14/h2-3,5,7,9,12,16H,4,6,8,10H2,1H3. The molecule has 0 bridgehead atoms. The van der Waals surface area contributed by atoms with E-state index in [9.17, 15) is 4.79 Å². The van der Waals surface area contributed by atoms with E-state index in [-0.39, 0.29) is 12.1 Å². The molecule has 3 rings (SSSR count). The maximum atomic E-state index is 12.1. The second-order valence-electron chi connectivity index (χ2n) is 5.20. The molecule has 0 saturated carbocycles. The predicted octanol–water partition coefficient (Wildman–Crippen LogP) is 2.42. The molecule has 1 unspecified atom stereocenters. The number of benzene rings is 1. The van der Waals surface area contributed by atoms with Crippen LogP contribution >= 0.6 is 0 Å². The number of aromatic nitrogens is 1. The number of nitrogens with one attached hydrogen (secondary N) is 1. The number of piperidine rings is 1. The summed E-state index contributed by atoms with van der Waals surface area (Å²) in [5, 5.41) is 1.04. The van der Waals surface area contributed by atoms with E-state index < -0.39 is 0 Å². The molecule has 1 fully saturated rings. The van der Waals surface area contributed by atoms with Crippen LogP contribution in [0, 0.1) is 0 Å². The Morgan fingerprint density at radius 1 is 1.42 bits per heavy atom. The van der Waals surface area contributed by atoms with Crippen molar-refractivity contribution in [3.8, 4) is 0 Å². The topological polar surface area (TPSA) is 45.3 Å². The van der Waals surface area contributed by atoms with E-state index in [1.165, 1.54) is 0 Å². The maximum Gasteiger partial charge on any atom is 0.355 e. The number of likely N-dealkylation sites (N-methyl/N-ethyl adjacent to an activating group) is 1. The third-order valence-electron chi connectivity index (χ3n) is 3.60. The van der Waals surface area contributed by atoms with Crippen molar-refractivity contribution >= 4 is 16.9 Å². The molecule has 1 aliphatic heterocycles. The Morgan fingerprint density at radius 3 is 3.05 bits per heavy atom. The van der Waals surface area contributed by atoms with Crippen molar-refractivity contribution in [2.24, 2.45) is 0 Å². The average molecular weight is 258 g/mol. The third kappa shape index (κ3) is 2.63. The molecule has 1 aliphatic rings. The fraction of sp³-hybridized carbons (Fsp3) is 0.400. The third-order valence-corrected chi connectivity index (χ3v) is 3.60. The summed E-state index contributed by atoms with van der Waals surface area (Å²) in [6.07, 6.45) is 2.05. The van der Waals surface area contributed by atoms with Crippen LogP contribution in [0.1, 0.15) is 23.3 Å². The van der Waals surface area contributed by atoms with Crippen LogP contribution in [0.5, 0.6) is 0 Å². The molecule has 4 nitrogen and oxygen atoms in total. The fourth-order valence-electron chi connectivity index (χ4n) is 2.61. The number of rotatable bonds is 2. The molecular weight excluding hydrogens is 240 g/mol. The number of para-hydroxylation sites is 1. The molecule has 0 spiro atoms. The molecule has 2 aromatic rings. The minimum absolute atomic E-state index is 0.0117. The lowest BCUT2D eigenvalue weighted by molar-refractivity contribution is 0.0103. The van der Waals surface area contributed by atoms with E-state index in [0.29, 0.717) is 5.69 Å². The Kier molecular flexibility index (Phi) is 3.25. The highest BCUT2D eigenvalue weighted by Crippen LogP contribution is 2.17. The molecule has 0 aliphatic carbocycles. The summed E-state index contributed by atoms with van der Waals surface area (Å²) in [5.41, 5.74) is 1.50. The lowest BCUT2D eigenvalue weighted by atomic mass is 10.1. The van der Waals surface area contributed by atoms with E-state index in [2.05, 4.69) is 16.9 Å². The lowest BCUT2D eigenvalue weighted by Gasteiger charge is -2.29. The monoisotopic (exact) mass is 258 g/mol. The van der Waals surface area contributed by atoms with Crippen LogP contribution in [-0.2, 0) is 4.74 Å². The van der Waals surface area contributed by atoms with Gasteiger partial charge in [-0.1, -0.05) is 18.2 Å². The molecular formula is C15H18N2O2. The van der Waals surface area contributed by atoms with Gasteiger partial charge in [-0.15, -0.1) is 0 Å². The zero-order valence-corrected chi connectivity index (χ0v) is 11.1. The number of carbonyl (C=O) groups is 1. The van der Waals surface area contributed by atoms with E-state index in [0.717, 1.165) is 36.8 Å². The zero-order chi connectivity index (χ0) is 13.2. The maximum absolute atomic E-state index is 12.1. The van der Waals surface area contributed by atoms with Crippen LogP contribution in [0.15, 0.2) is 30.3 Å². The number of aromatic amines is 1. The fourth-order valence-corrected chi connectivity index (χ4v) is 2.61. The molecule has 2 heterocycles. The first-order valence-corrected chi connectivity index (χ1v) is 6.69. The zero-order valence-electron chi connectivity index (χ0n) is 11.1. The number of esters is 1. The second kappa shape index (κ2) is 5.05. The Bertz CT molecular complexity index is 558. The van der Waals surface area contributed by atoms with Crippen LogP contribution in [0.25, 0.3) is 10.9 Å². The van der Waals surface area contributed by atoms with Crippen molar-refractivity contribution in [1.82, 2.24) is 9.88 Å². The van der Waals surface area contributed by atoms with Gasteiger partial charge in [0.15, 0.2) is 0 Å². The summed E-state index contributed by atoms with van der Waals surface area (Å²) >= 11 is 0. The second-order valence-corrected chi connectivity index (χ2v) is 5.20. The highest BCUT2D eigenvalue weighted by atomic mass is 16.5.